The van der Waals surface area contributed by atoms with Gasteiger partial charge in [0.2, 0.25) is 5.91 Å². The van der Waals surface area contributed by atoms with E-state index in [1.165, 1.54) is 0 Å². The number of carboxylic acids is 1. The number of carbonyl (C=O) groups excluding carboxylic acids is 1. The number of primary amides is 1. The lowest BCUT2D eigenvalue weighted by Gasteiger charge is -2.08. The molecule has 1 atom stereocenters. The van der Waals surface area contributed by atoms with Crippen LogP contribution in [0.2, 0.25) is 0 Å². The van der Waals surface area contributed by atoms with E-state index in [9.17, 15) is 9.59 Å². The maximum absolute atomic E-state index is 10.6. The monoisotopic (exact) mass is 187 g/mol. The van der Waals surface area contributed by atoms with Crippen LogP contribution in [0.15, 0.2) is 0 Å². The zero-order valence-corrected chi connectivity index (χ0v) is 7.95. The molecule has 0 aromatic heterocycles. The third kappa shape index (κ3) is 6.13. The maximum Gasteiger partial charge on any atom is 0.307 e. The molecule has 0 aromatic carbocycles. The van der Waals surface area contributed by atoms with Crippen LogP contribution in [-0.4, -0.2) is 17.0 Å². The number of amides is 1. The van der Waals surface area contributed by atoms with Gasteiger partial charge in [-0.25, -0.2) is 0 Å². The van der Waals surface area contributed by atoms with Crippen LogP contribution in [0.4, 0.5) is 0 Å². The lowest BCUT2D eigenvalue weighted by Crippen LogP contribution is -2.22. The largest absolute Gasteiger partial charge is 0.481 e. The van der Waals surface area contributed by atoms with E-state index in [1.54, 1.807) is 0 Å². The summed E-state index contributed by atoms with van der Waals surface area (Å²) in [6.45, 7) is 2.05. The summed E-state index contributed by atoms with van der Waals surface area (Å²) in [5, 5.41) is 8.71. The van der Waals surface area contributed by atoms with Crippen molar-refractivity contribution >= 4 is 11.9 Å². The summed E-state index contributed by atoms with van der Waals surface area (Å²) in [6, 6.07) is 0. The van der Waals surface area contributed by atoms with Gasteiger partial charge < -0.3 is 10.8 Å². The molecule has 4 heteroatoms. The van der Waals surface area contributed by atoms with Crippen LogP contribution >= 0.6 is 0 Å². The maximum atomic E-state index is 10.6. The summed E-state index contributed by atoms with van der Waals surface area (Å²) in [4.78, 5) is 21.1. The molecule has 0 saturated heterocycles. The molecular formula is C9H17NO3. The molecule has 3 N–H and O–H groups in total. The Balaban J connectivity index is 3.81. The molecule has 1 amide bonds. The van der Waals surface area contributed by atoms with Crippen LogP contribution in [-0.2, 0) is 9.59 Å². The van der Waals surface area contributed by atoms with Crippen molar-refractivity contribution in [3.8, 4) is 0 Å². The molecule has 0 spiro atoms. The number of carboxylic acid groups (broad SMARTS) is 1. The van der Waals surface area contributed by atoms with Gasteiger partial charge in [-0.15, -0.1) is 0 Å². The van der Waals surface area contributed by atoms with Gasteiger partial charge in [0.15, 0.2) is 0 Å². The fourth-order valence-electron chi connectivity index (χ4n) is 1.20. The Morgan fingerprint density at radius 1 is 1.38 bits per heavy atom. The third-order valence-electron chi connectivity index (χ3n) is 1.95. The topological polar surface area (TPSA) is 80.4 Å². The molecule has 0 rings (SSSR count). The van der Waals surface area contributed by atoms with Gasteiger partial charge in [0.25, 0.3) is 0 Å². The Kier molecular flexibility index (Phi) is 5.93. The normalized spacial score (nSPS) is 12.4. The molecule has 4 nitrogen and oxygen atoms in total. The van der Waals surface area contributed by atoms with E-state index in [2.05, 4.69) is 0 Å². The fourth-order valence-corrected chi connectivity index (χ4v) is 1.20. The quantitative estimate of drug-likeness (QED) is 0.586. The summed E-state index contributed by atoms with van der Waals surface area (Å²) in [5.41, 5.74) is 4.93. The Morgan fingerprint density at radius 3 is 2.38 bits per heavy atom. The number of nitrogens with two attached hydrogens (primary N) is 1. The molecule has 0 aromatic rings. The summed E-state index contributed by atoms with van der Waals surface area (Å²) < 4.78 is 0. The Morgan fingerprint density at radius 2 is 2.00 bits per heavy atom. The summed E-state index contributed by atoms with van der Waals surface area (Å²) in [7, 11) is 0. The molecule has 0 aliphatic rings. The van der Waals surface area contributed by atoms with Crippen molar-refractivity contribution in [2.24, 2.45) is 11.7 Å². The zero-order chi connectivity index (χ0) is 10.3. The molecule has 0 bridgehead atoms. The number of unbranched alkanes of at least 4 members (excludes halogenated alkanes) is 2. The Hall–Kier alpha value is -1.06. The van der Waals surface area contributed by atoms with Crippen molar-refractivity contribution in [1.29, 1.82) is 0 Å². The van der Waals surface area contributed by atoms with Gasteiger partial charge in [-0.05, 0) is 6.42 Å². The molecule has 0 fully saturated rings. The van der Waals surface area contributed by atoms with E-state index in [0.29, 0.717) is 6.42 Å². The van der Waals surface area contributed by atoms with Crippen molar-refractivity contribution in [3.05, 3.63) is 0 Å². The SMILES string of the molecule is CCCCCC(CC(N)=O)C(=O)O. The van der Waals surface area contributed by atoms with Crippen LogP contribution in [0.3, 0.4) is 0 Å². The molecular weight excluding hydrogens is 170 g/mol. The molecule has 0 radical (unpaired) electrons. The van der Waals surface area contributed by atoms with Crippen molar-refractivity contribution < 1.29 is 14.7 Å². The predicted octanol–water partition coefficient (Wildman–Crippen LogP) is 1.14. The minimum absolute atomic E-state index is 0.0426. The highest BCUT2D eigenvalue weighted by Crippen LogP contribution is 2.13. The molecule has 76 valence electrons. The highest BCUT2D eigenvalue weighted by molar-refractivity contribution is 5.80. The Bertz CT molecular complexity index is 180. The first-order valence-electron chi connectivity index (χ1n) is 4.59. The number of aliphatic carboxylic acids is 1. The smallest absolute Gasteiger partial charge is 0.307 e. The van der Waals surface area contributed by atoms with Crippen LogP contribution in [0.1, 0.15) is 39.0 Å². The van der Waals surface area contributed by atoms with Crippen molar-refractivity contribution in [3.63, 3.8) is 0 Å². The second kappa shape index (κ2) is 6.46. The van der Waals surface area contributed by atoms with E-state index in [1.807, 2.05) is 6.92 Å². The van der Waals surface area contributed by atoms with Gasteiger partial charge >= 0.3 is 5.97 Å². The second-order valence-electron chi connectivity index (χ2n) is 3.20. The fraction of sp³-hybridized carbons (Fsp3) is 0.778. The Labute approximate surface area is 78.1 Å². The lowest BCUT2D eigenvalue weighted by molar-refractivity contribution is -0.144. The molecule has 0 aliphatic heterocycles. The van der Waals surface area contributed by atoms with Gasteiger partial charge in [0, 0.05) is 6.42 Å². The van der Waals surface area contributed by atoms with Crippen LogP contribution in [0.25, 0.3) is 0 Å². The lowest BCUT2D eigenvalue weighted by atomic mass is 9.98. The van der Waals surface area contributed by atoms with Gasteiger partial charge in [-0.1, -0.05) is 26.2 Å². The molecule has 0 heterocycles. The van der Waals surface area contributed by atoms with Crippen LogP contribution in [0, 0.1) is 5.92 Å². The van der Waals surface area contributed by atoms with Gasteiger partial charge in [0.1, 0.15) is 0 Å². The van der Waals surface area contributed by atoms with Crippen molar-refractivity contribution in [2.75, 3.05) is 0 Å². The molecule has 0 saturated carbocycles. The van der Waals surface area contributed by atoms with Crippen molar-refractivity contribution in [1.82, 2.24) is 0 Å². The first kappa shape index (κ1) is 11.9. The van der Waals surface area contributed by atoms with E-state index in [-0.39, 0.29) is 6.42 Å². The van der Waals surface area contributed by atoms with Crippen LogP contribution in [0.5, 0.6) is 0 Å². The highest BCUT2D eigenvalue weighted by Gasteiger charge is 2.18. The molecule has 13 heavy (non-hydrogen) atoms. The van der Waals surface area contributed by atoms with Gasteiger partial charge in [-0.3, -0.25) is 9.59 Å². The average molecular weight is 187 g/mol. The van der Waals surface area contributed by atoms with E-state index in [4.69, 9.17) is 10.8 Å². The number of rotatable bonds is 7. The second-order valence-corrected chi connectivity index (χ2v) is 3.20. The standard InChI is InChI=1S/C9H17NO3/c1-2-3-4-5-7(9(12)13)6-8(10)11/h7H,2-6H2,1H3,(H2,10,11)(H,12,13). The summed E-state index contributed by atoms with van der Waals surface area (Å²) in [6.07, 6.45) is 3.40. The van der Waals surface area contributed by atoms with Crippen LogP contribution < -0.4 is 5.73 Å². The number of hydrogen-bond acceptors (Lipinski definition) is 2. The van der Waals surface area contributed by atoms with Crippen molar-refractivity contribution in [2.45, 2.75) is 39.0 Å². The first-order valence-corrected chi connectivity index (χ1v) is 4.59. The van der Waals surface area contributed by atoms with E-state index < -0.39 is 17.8 Å². The number of hydrogen-bond donors (Lipinski definition) is 2. The number of carbonyl (C=O) groups is 2. The highest BCUT2D eigenvalue weighted by atomic mass is 16.4. The average Bonchev–Trinajstić information content (AvgIpc) is 2.02. The predicted molar refractivity (Wildman–Crippen MR) is 49.1 cm³/mol. The third-order valence-corrected chi connectivity index (χ3v) is 1.95. The summed E-state index contributed by atoms with van der Waals surface area (Å²) in [5.74, 6) is -2.05. The molecule has 1 unspecified atom stereocenters. The van der Waals surface area contributed by atoms with E-state index >= 15 is 0 Å². The van der Waals surface area contributed by atoms with Gasteiger partial charge in [0.05, 0.1) is 5.92 Å². The van der Waals surface area contributed by atoms with Gasteiger partial charge in [-0.2, -0.15) is 0 Å². The summed E-state index contributed by atoms with van der Waals surface area (Å²) >= 11 is 0. The van der Waals surface area contributed by atoms with E-state index in [0.717, 1.165) is 19.3 Å². The zero-order valence-electron chi connectivity index (χ0n) is 7.95. The first-order chi connectivity index (χ1) is 6.07. The minimum atomic E-state index is -0.921. The molecule has 0 aliphatic carbocycles. The minimum Gasteiger partial charge on any atom is -0.481 e.